The second-order valence-corrected chi connectivity index (χ2v) is 6.56. The molecule has 114 valence electrons. The lowest BCUT2D eigenvalue weighted by Gasteiger charge is -2.28. The molecule has 1 aromatic heterocycles. The summed E-state index contributed by atoms with van der Waals surface area (Å²) in [6.45, 7) is 16.1. The van der Waals surface area contributed by atoms with Crippen LogP contribution in [0.2, 0.25) is 0 Å². The smallest absolute Gasteiger partial charge is 0.225 e. The predicted molar refractivity (Wildman–Crippen MR) is 85.9 cm³/mol. The molecule has 0 aliphatic carbocycles. The van der Waals surface area contributed by atoms with Gasteiger partial charge < -0.3 is 10.2 Å². The normalized spacial score (nSPS) is 11.7. The van der Waals surface area contributed by atoms with Crippen LogP contribution in [0.15, 0.2) is 12.4 Å². The molecule has 1 heterocycles. The van der Waals surface area contributed by atoms with Gasteiger partial charge >= 0.3 is 0 Å². The lowest BCUT2D eigenvalue weighted by Crippen LogP contribution is -2.35. The first kappa shape index (κ1) is 16.9. The molecule has 20 heavy (non-hydrogen) atoms. The summed E-state index contributed by atoms with van der Waals surface area (Å²) >= 11 is 0. The van der Waals surface area contributed by atoms with Crippen LogP contribution in [-0.2, 0) is 6.54 Å². The van der Waals surface area contributed by atoms with Crippen LogP contribution in [0.4, 0.5) is 5.95 Å². The molecule has 0 spiro atoms. The average molecular weight is 278 g/mol. The maximum absolute atomic E-state index is 4.53. The molecule has 1 aromatic rings. The summed E-state index contributed by atoms with van der Waals surface area (Å²) in [6.07, 6.45) is 3.87. The molecule has 0 aliphatic heterocycles. The van der Waals surface area contributed by atoms with Gasteiger partial charge in [-0.25, -0.2) is 9.97 Å². The fourth-order valence-corrected chi connectivity index (χ4v) is 2.01. The van der Waals surface area contributed by atoms with Crippen molar-refractivity contribution >= 4 is 5.95 Å². The summed E-state index contributed by atoms with van der Waals surface area (Å²) in [4.78, 5) is 11.3. The van der Waals surface area contributed by atoms with Crippen LogP contribution in [0, 0.1) is 11.8 Å². The van der Waals surface area contributed by atoms with Crippen molar-refractivity contribution in [2.45, 2.75) is 54.1 Å². The van der Waals surface area contributed by atoms with Crippen LogP contribution in [-0.4, -0.2) is 29.1 Å². The molecule has 0 saturated heterocycles. The van der Waals surface area contributed by atoms with Gasteiger partial charge in [-0.1, -0.05) is 27.7 Å². The van der Waals surface area contributed by atoms with Gasteiger partial charge in [0, 0.05) is 37.1 Å². The Morgan fingerprint density at radius 3 is 2.05 bits per heavy atom. The number of nitrogens with zero attached hydrogens (tertiary/aromatic N) is 3. The van der Waals surface area contributed by atoms with Gasteiger partial charge in [-0.3, -0.25) is 0 Å². The molecule has 4 heteroatoms. The third-order valence-electron chi connectivity index (χ3n) is 3.02. The summed E-state index contributed by atoms with van der Waals surface area (Å²) in [6, 6.07) is 0.419. The van der Waals surface area contributed by atoms with E-state index in [-0.39, 0.29) is 0 Å². The van der Waals surface area contributed by atoms with Crippen molar-refractivity contribution in [3.8, 4) is 0 Å². The Morgan fingerprint density at radius 2 is 1.60 bits per heavy atom. The van der Waals surface area contributed by atoms with Crippen molar-refractivity contribution in [2.24, 2.45) is 11.8 Å². The number of rotatable bonds is 8. The Kier molecular flexibility index (Phi) is 6.93. The van der Waals surface area contributed by atoms with Gasteiger partial charge in [0.25, 0.3) is 0 Å². The van der Waals surface area contributed by atoms with E-state index in [1.165, 1.54) is 0 Å². The first-order valence-corrected chi connectivity index (χ1v) is 7.68. The van der Waals surface area contributed by atoms with E-state index in [0.29, 0.717) is 17.9 Å². The van der Waals surface area contributed by atoms with Crippen LogP contribution < -0.4 is 10.2 Å². The lowest BCUT2D eigenvalue weighted by atomic mass is 10.2. The first-order valence-electron chi connectivity index (χ1n) is 7.68. The lowest BCUT2D eigenvalue weighted by molar-refractivity contribution is 0.548. The zero-order valence-electron chi connectivity index (χ0n) is 13.8. The first-order chi connectivity index (χ1) is 9.40. The van der Waals surface area contributed by atoms with Gasteiger partial charge in [-0.2, -0.15) is 0 Å². The molecule has 0 saturated carbocycles. The summed E-state index contributed by atoms with van der Waals surface area (Å²) in [5.41, 5.74) is 1.14. The molecule has 0 fully saturated rings. The highest BCUT2D eigenvalue weighted by molar-refractivity contribution is 5.31. The third-order valence-corrected chi connectivity index (χ3v) is 3.02. The molecule has 1 rings (SSSR count). The Labute approximate surface area is 124 Å². The highest BCUT2D eigenvalue weighted by atomic mass is 15.3. The van der Waals surface area contributed by atoms with Gasteiger partial charge in [0.1, 0.15) is 0 Å². The monoisotopic (exact) mass is 278 g/mol. The quantitative estimate of drug-likeness (QED) is 0.793. The SMILES string of the molecule is CC(C)CNCc1cnc(N(CC(C)C)C(C)C)nc1. The molecule has 0 unspecified atom stereocenters. The zero-order valence-corrected chi connectivity index (χ0v) is 13.8. The number of nitrogens with one attached hydrogen (secondary N) is 1. The van der Waals surface area contributed by atoms with Crippen molar-refractivity contribution in [3.63, 3.8) is 0 Å². The van der Waals surface area contributed by atoms with E-state index in [1.54, 1.807) is 0 Å². The minimum absolute atomic E-state index is 0.419. The summed E-state index contributed by atoms with van der Waals surface area (Å²) in [5.74, 6) is 2.10. The molecular formula is C16H30N4. The van der Waals surface area contributed by atoms with Gasteiger partial charge in [-0.15, -0.1) is 0 Å². The third kappa shape index (κ3) is 5.87. The molecular weight excluding hydrogens is 248 g/mol. The maximum atomic E-state index is 4.53. The summed E-state index contributed by atoms with van der Waals surface area (Å²) in [5, 5.41) is 3.41. The zero-order chi connectivity index (χ0) is 15.1. The molecule has 0 bridgehead atoms. The molecule has 4 nitrogen and oxygen atoms in total. The van der Waals surface area contributed by atoms with E-state index < -0.39 is 0 Å². The number of hydrogen-bond donors (Lipinski definition) is 1. The minimum Gasteiger partial charge on any atom is -0.338 e. The van der Waals surface area contributed by atoms with Crippen molar-refractivity contribution in [1.82, 2.24) is 15.3 Å². The number of hydrogen-bond acceptors (Lipinski definition) is 4. The van der Waals surface area contributed by atoms with E-state index in [0.717, 1.165) is 31.1 Å². The fraction of sp³-hybridized carbons (Fsp3) is 0.750. The standard InChI is InChI=1S/C16H30N4/c1-12(2)7-17-8-15-9-18-16(19-10-15)20(14(5)6)11-13(3)4/h9-10,12-14,17H,7-8,11H2,1-6H3. The van der Waals surface area contributed by atoms with Crippen molar-refractivity contribution in [3.05, 3.63) is 18.0 Å². The van der Waals surface area contributed by atoms with E-state index >= 15 is 0 Å². The van der Waals surface area contributed by atoms with Crippen LogP contribution in [0.3, 0.4) is 0 Å². The Hall–Kier alpha value is -1.16. The van der Waals surface area contributed by atoms with Gasteiger partial charge in [0.05, 0.1) is 0 Å². The van der Waals surface area contributed by atoms with Crippen LogP contribution >= 0.6 is 0 Å². The molecule has 0 amide bonds. The van der Waals surface area contributed by atoms with Crippen molar-refractivity contribution < 1.29 is 0 Å². The molecule has 0 atom stereocenters. The highest BCUT2D eigenvalue weighted by Crippen LogP contribution is 2.13. The van der Waals surface area contributed by atoms with E-state index in [9.17, 15) is 0 Å². The van der Waals surface area contributed by atoms with Crippen molar-refractivity contribution in [2.75, 3.05) is 18.0 Å². The highest BCUT2D eigenvalue weighted by Gasteiger charge is 2.14. The van der Waals surface area contributed by atoms with Gasteiger partial charge in [0.2, 0.25) is 5.95 Å². The number of anilines is 1. The largest absolute Gasteiger partial charge is 0.338 e. The van der Waals surface area contributed by atoms with Crippen molar-refractivity contribution in [1.29, 1.82) is 0 Å². The molecule has 1 N–H and O–H groups in total. The topological polar surface area (TPSA) is 41.1 Å². The molecule has 0 radical (unpaired) electrons. The second kappa shape index (κ2) is 8.20. The minimum atomic E-state index is 0.419. The summed E-state index contributed by atoms with van der Waals surface area (Å²) < 4.78 is 0. The van der Waals surface area contributed by atoms with E-state index in [4.69, 9.17) is 0 Å². The van der Waals surface area contributed by atoms with Crippen LogP contribution in [0.25, 0.3) is 0 Å². The predicted octanol–water partition coefficient (Wildman–Crippen LogP) is 3.09. The molecule has 0 aliphatic rings. The maximum Gasteiger partial charge on any atom is 0.225 e. The van der Waals surface area contributed by atoms with Gasteiger partial charge in [0.15, 0.2) is 0 Å². The Balaban J connectivity index is 2.63. The van der Waals surface area contributed by atoms with E-state index in [2.05, 4.69) is 61.7 Å². The van der Waals surface area contributed by atoms with Crippen LogP contribution in [0.1, 0.15) is 47.1 Å². The fourth-order valence-electron chi connectivity index (χ4n) is 2.01. The van der Waals surface area contributed by atoms with E-state index in [1.807, 2.05) is 12.4 Å². The van der Waals surface area contributed by atoms with Gasteiger partial charge in [-0.05, 0) is 32.2 Å². The Morgan fingerprint density at radius 1 is 1.00 bits per heavy atom. The van der Waals surface area contributed by atoms with Crippen LogP contribution in [0.5, 0.6) is 0 Å². The molecule has 0 aromatic carbocycles. The Bertz CT molecular complexity index is 371. The number of aromatic nitrogens is 2. The average Bonchev–Trinajstić information content (AvgIpc) is 2.36. The second-order valence-electron chi connectivity index (χ2n) is 6.56. The summed E-state index contributed by atoms with van der Waals surface area (Å²) in [7, 11) is 0.